The summed E-state index contributed by atoms with van der Waals surface area (Å²) in [6, 6.07) is 10.7. The van der Waals surface area contributed by atoms with Crippen molar-refractivity contribution in [2.24, 2.45) is 0 Å². The molecular weight excluding hydrogens is 274 g/mol. The van der Waals surface area contributed by atoms with Crippen molar-refractivity contribution in [2.75, 3.05) is 7.11 Å². The van der Waals surface area contributed by atoms with Gasteiger partial charge >= 0.3 is 5.97 Å². The molecule has 0 saturated carbocycles. The molecule has 0 unspecified atom stereocenters. The highest BCUT2D eigenvalue weighted by Crippen LogP contribution is 2.27. The maximum atomic E-state index is 11.7. The molecule has 0 aliphatic carbocycles. The summed E-state index contributed by atoms with van der Waals surface area (Å²) < 4.78 is 4.70. The van der Waals surface area contributed by atoms with Crippen LogP contribution in [-0.4, -0.2) is 23.1 Å². The number of ether oxygens (including phenoxy) is 1. The maximum absolute atomic E-state index is 11.7. The van der Waals surface area contributed by atoms with Gasteiger partial charge in [0, 0.05) is 12.0 Å². The molecule has 0 radical (unpaired) electrons. The molecule has 2 aromatic carbocycles. The van der Waals surface area contributed by atoms with Gasteiger partial charge in [0.15, 0.2) is 0 Å². The number of nitro groups is 1. The van der Waals surface area contributed by atoms with Gasteiger partial charge in [0.2, 0.25) is 0 Å². The van der Waals surface area contributed by atoms with Crippen molar-refractivity contribution in [2.45, 2.75) is 6.42 Å². The number of phenols is 1. The second-order valence-corrected chi connectivity index (χ2v) is 4.40. The molecule has 0 aromatic heterocycles. The lowest BCUT2D eigenvalue weighted by molar-refractivity contribution is -0.385. The first-order valence-corrected chi connectivity index (χ1v) is 6.15. The number of carbonyl (C=O) groups excluding carboxylic acids is 1. The van der Waals surface area contributed by atoms with Crippen molar-refractivity contribution in [3.8, 4) is 5.75 Å². The topological polar surface area (TPSA) is 89.7 Å². The Bertz CT molecular complexity index is 696. The lowest BCUT2D eigenvalue weighted by Crippen LogP contribution is -2.06. The number of benzene rings is 2. The molecule has 0 saturated heterocycles. The molecule has 0 fully saturated rings. The van der Waals surface area contributed by atoms with Crippen molar-refractivity contribution in [3.63, 3.8) is 0 Å². The lowest BCUT2D eigenvalue weighted by Gasteiger charge is -2.08. The van der Waals surface area contributed by atoms with E-state index in [2.05, 4.69) is 0 Å². The number of methoxy groups -OCH3 is 1. The lowest BCUT2D eigenvalue weighted by atomic mass is 9.98. The molecule has 0 atom stereocenters. The third-order valence-corrected chi connectivity index (χ3v) is 3.07. The van der Waals surface area contributed by atoms with E-state index in [9.17, 15) is 20.0 Å². The number of nitrogens with zero attached hydrogens (tertiary/aromatic N) is 1. The van der Waals surface area contributed by atoms with E-state index in [-0.39, 0.29) is 17.9 Å². The van der Waals surface area contributed by atoms with Crippen LogP contribution in [0.1, 0.15) is 21.5 Å². The Kier molecular flexibility index (Phi) is 4.18. The predicted octanol–water partition coefficient (Wildman–Crippen LogP) is 2.68. The number of nitro benzene ring substituents is 1. The summed E-state index contributed by atoms with van der Waals surface area (Å²) in [5.74, 6) is -0.668. The van der Waals surface area contributed by atoms with E-state index in [4.69, 9.17) is 4.74 Å². The molecule has 108 valence electrons. The minimum Gasteiger partial charge on any atom is -0.508 e. The molecule has 0 bridgehead atoms. The van der Waals surface area contributed by atoms with Gasteiger partial charge < -0.3 is 9.84 Å². The average molecular weight is 287 g/mol. The number of hydrogen-bond acceptors (Lipinski definition) is 5. The number of hydrogen-bond donors (Lipinski definition) is 1. The van der Waals surface area contributed by atoms with Crippen molar-refractivity contribution in [3.05, 3.63) is 69.3 Å². The van der Waals surface area contributed by atoms with E-state index in [0.717, 1.165) is 6.07 Å². The van der Waals surface area contributed by atoms with E-state index >= 15 is 0 Å². The Hall–Kier alpha value is -2.89. The zero-order chi connectivity index (χ0) is 15.4. The normalized spacial score (nSPS) is 10.1. The van der Waals surface area contributed by atoms with Crippen LogP contribution in [0.2, 0.25) is 0 Å². The monoisotopic (exact) mass is 287 g/mol. The molecule has 6 heteroatoms. The van der Waals surface area contributed by atoms with Crippen LogP contribution in [0.25, 0.3) is 0 Å². The fourth-order valence-electron chi connectivity index (χ4n) is 2.06. The summed E-state index contributed by atoms with van der Waals surface area (Å²) in [4.78, 5) is 22.2. The van der Waals surface area contributed by atoms with Crippen molar-refractivity contribution in [1.82, 2.24) is 0 Å². The SMILES string of the molecule is COC(=O)c1ccccc1Cc1ccc(O)cc1[N+](=O)[O-]. The second kappa shape index (κ2) is 6.04. The highest BCUT2D eigenvalue weighted by Gasteiger charge is 2.18. The van der Waals surface area contributed by atoms with E-state index in [0.29, 0.717) is 16.7 Å². The van der Waals surface area contributed by atoms with Crippen LogP contribution in [0.4, 0.5) is 5.69 Å². The van der Waals surface area contributed by atoms with Crippen LogP contribution in [0.15, 0.2) is 42.5 Å². The van der Waals surface area contributed by atoms with Crippen molar-refractivity contribution >= 4 is 11.7 Å². The van der Waals surface area contributed by atoms with Gasteiger partial charge in [-0.3, -0.25) is 10.1 Å². The summed E-state index contributed by atoms with van der Waals surface area (Å²) in [5.41, 5.74) is 1.21. The molecule has 0 spiro atoms. The number of aromatic hydroxyl groups is 1. The molecule has 21 heavy (non-hydrogen) atoms. The van der Waals surface area contributed by atoms with Crippen LogP contribution in [0.3, 0.4) is 0 Å². The minimum absolute atomic E-state index is 0.174. The number of phenolic OH excluding ortho intramolecular Hbond substituents is 1. The molecule has 0 heterocycles. The molecule has 0 aliphatic heterocycles. The predicted molar refractivity (Wildman–Crippen MR) is 75.3 cm³/mol. The van der Waals surface area contributed by atoms with Crippen molar-refractivity contribution in [1.29, 1.82) is 0 Å². The Morgan fingerprint density at radius 3 is 2.62 bits per heavy atom. The second-order valence-electron chi connectivity index (χ2n) is 4.40. The fraction of sp³-hybridized carbons (Fsp3) is 0.133. The Morgan fingerprint density at radius 2 is 1.95 bits per heavy atom. The summed E-state index contributed by atoms with van der Waals surface area (Å²) in [6.07, 6.45) is 0.196. The molecule has 6 nitrogen and oxygen atoms in total. The van der Waals surface area contributed by atoms with E-state index in [1.807, 2.05) is 0 Å². The van der Waals surface area contributed by atoms with E-state index in [1.54, 1.807) is 24.3 Å². The van der Waals surface area contributed by atoms with Gasteiger partial charge in [-0.15, -0.1) is 0 Å². The van der Waals surface area contributed by atoms with E-state index in [1.165, 1.54) is 19.2 Å². The molecule has 2 rings (SSSR count). The van der Waals surface area contributed by atoms with Crippen LogP contribution in [0, 0.1) is 10.1 Å². The van der Waals surface area contributed by atoms with Crippen molar-refractivity contribution < 1.29 is 19.6 Å². The third-order valence-electron chi connectivity index (χ3n) is 3.07. The zero-order valence-corrected chi connectivity index (χ0v) is 11.3. The Balaban J connectivity index is 2.44. The summed E-state index contributed by atoms with van der Waals surface area (Å²) >= 11 is 0. The van der Waals surface area contributed by atoms with Gasteiger partial charge in [0.1, 0.15) is 5.75 Å². The molecule has 2 aromatic rings. The Morgan fingerprint density at radius 1 is 1.24 bits per heavy atom. The number of rotatable bonds is 4. The van der Waals surface area contributed by atoms with Gasteiger partial charge in [-0.1, -0.05) is 18.2 Å². The van der Waals surface area contributed by atoms with Crippen LogP contribution in [-0.2, 0) is 11.2 Å². The van der Waals surface area contributed by atoms with Gasteiger partial charge in [-0.2, -0.15) is 0 Å². The van der Waals surface area contributed by atoms with Gasteiger partial charge in [0.05, 0.1) is 23.7 Å². The molecule has 0 amide bonds. The van der Waals surface area contributed by atoms with Gasteiger partial charge in [0.25, 0.3) is 5.69 Å². The minimum atomic E-state index is -0.560. The smallest absolute Gasteiger partial charge is 0.338 e. The summed E-state index contributed by atoms with van der Waals surface area (Å²) in [6.45, 7) is 0. The summed E-state index contributed by atoms with van der Waals surface area (Å²) in [7, 11) is 1.28. The average Bonchev–Trinajstić information content (AvgIpc) is 2.48. The van der Waals surface area contributed by atoms with Gasteiger partial charge in [-0.05, 0) is 23.8 Å². The quantitative estimate of drug-likeness (QED) is 0.530. The zero-order valence-electron chi connectivity index (χ0n) is 11.3. The standard InChI is InChI=1S/C15H13NO5/c1-21-15(18)13-5-3-2-4-10(13)8-11-6-7-12(17)9-14(11)16(19)20/h2-7,9,17H,8H2,1H3. The first kappa shape index (κ1) is 14.5. The third kappa shape index (κ3) is 3.17. The maximum Gasteiger partial charge on any atom is 0.338 e. The molecule has 1 N–H and O–H groups in total. The highest BCUT2D eigenvalue weighted by molar-refractivity contribution is 5.91. The molecule has 0 aliphatic rings. The number of esters is 1. The van der Waals surface area contributed by atoms with Crippen LogP contribution in [0.5, 0.6) is 5.75 Å². The Labute approximate surface area is 120 Å². The fourth-order valence-corrected chi connectivity index (χ4v) is 2.06. The number of carbonyl (C=O) groups is 1. The van der Waals surface area contributed by atoms with Crippen LogP contribution < -0.4 is 0 Å². The van der Waals surface area contributed by atoms with Gasteiger partial charge in [-0.25, -0.2) is 4.79 Å². The van der Waals surface area contributed by atoms with Crippen LogP contribution >= 0.6 is 0 Å². The van der Waals surface area contributed by atoms with E-state index < -0.39 is 10.9 Å². The largest absolute Gasteiger partial charge is 0.508 e. The summed E-state index contributed by atoms with van der Waals surface area (Å²) in [5, 5.41) is 20.4. The molecular formula is C15H13NO5. The first-order valence-electron chi connectivity index (χ1n) is 6.15. The first-order chi connectivity index (χ1) is 10.0. The highest BCUT2D eigenvalue weighted by atomic mass is 16.6.